The number of piperidine rings is 1. The third-order valence-electron chi connectivity index (χ3n) is 6.48. The molecular formula is C26H38F3N3O5S. The van der Waals surface area contributed by atoms with Crippen molar-refractivity contribution in [1.29, 1.82) is 0 Å². The van der Waals surface area contributed by atoms with Crippen LogP contribution in [-0.4, -0.2) is 66.4 Å². The highest BCUT2D eigenvalue weighted by molar-refractivity contribution is 7.89. The van der Waals surface area contributed by atoms with Crippen LogP contribution in [0.4, 0.5) is 18.0 Å². The summed E-state index contributed by atoms with van der Waals surface area (Å²) in [5.74, 6) is -0.138. The Kier molecular flexibility index (Phi) is 9.07. The number of hydrogen-bond donors (Lipinski definition) is 1. The monoisotopic (exact) mass is 561 g/mol. The number of benzene rings is 1. The van der Waals surface area contributed by atoms with Crippen molar-refractivity contribution in [1.82, 2.24) is 14.5 Å². The van der Waals surface area contributed by atoms with Gasteiger partial charge in [-0.3, -0.25) is 4.79 Å². The van der Waals surface area contributed by atoms with E-state index in [0.29, 0.717) is 38.2 Å². The first-order chi connectivity index (χ1) is 17.5. The summed E-state index contributed by atoms with van der Waals surface area (Å²) in [5, 5.41) is 2.68. The molecule has 0 spiro atoms. The van der Waals surface area contributed by atoms with Gasteiger partial charge in [-0.1, -0.05) is 19.9 Å². The fourth-order valence-electron chi connectivity index (χ4n) is 4.68. The molecule has 2 aliphatic rings. The Balaban J connectivity index is 1.72. The van der Waals surface area contributed by atoms with E-state index >= 15 is 0 Å². The lowest BCUT2D eigenvalue weighted by molar-refractivity contribution is -0.137. The van der Waals surface area contributed by atoms with Gasteiger partial charge in [0, 0.05) is 25.2 Å². The second-order valence-electron chi connectivity index (χ2n) is 11.5. The topological polar surface area (TPSA) is 96.0 Å². The molecule has 1 saturated heterocycles. The Hall–Kier alpha value is -2.34. The summed E-state index contributed by atoms with van der Waals surface area (Å²) in [5.41, 5.74) is -1.73. The molecule has 1 aliphatic carbocycles. The molecule has 1 N–H and O–H groups in total. The fourth-order valence-corrected chi connectivity index (χ4v) is 6.65. The van der Waals surface area contributed by atoms with Crippen molar-refractivity contribution in [2.24, 2.45) is 5.92 Å². The van der Waals surface area contributed by atoms with E-state index in [1.54, 1.807) is 25.7 Å². The molecule has 1 saturated carbocycles. The first kappa shape index (κ1) is 30.2. The minimum atomic E-state index is -4.65. The molecular weight excluding hydrogens is 523 g/mol. The van der Waals surface area contributed by atoms with Crippen molar-refractivity contribution in [3.05, 3.63) is 29.8 Å². The predicted octanol–water partition coefficient (Wildman–Crippen LogP) is 4.79. The van der Waals surface area contributed by atoms with Crippen molar-refractivity contribution in [3.63, 3.8) is 0 Å². The number of alkyl halides is 3. The summed E-state index contributed by atoms with van der Waals surface area (Å²) in [6.07, 6.45) is -2.93. The zero-order valence-corrected chi connectivity index (χ0v) is 23.4. The number of ether oxygens (including phenoxy) is 1. The van der Waals surface area contributed by atoms with Gasteiger partial charge < -0.3 is 15.0 Å². The van der Waals surface area contributed by atoms with Gasteiger partial charge in [0.2, 0.25) is 15.9 Å². The first-order valence-corrected chi connectivity index (χ1v) is 14.4. The van der Waals surface area contributed by atoms with E-state index in [9.17, 15) is 31.2 Å². The molecule has 214 valence electrons. The van der Waals surface area contributed by atoms with Crippen LogP contribution in [0.3, 0.4) is 0 Å². The molecule has 2 fully saturated rings. The highest BCUT2D eigenvalue weighted by Gasteiger charge is 2.45. The molecule has 12 heteroatoms. The zero-order valence-electron chi connectivity index (χ0n) is 22.5. The molecule has 38 heavy (non-hydrogen) atoms. The second-order valence-corrected chi connectivity index (χ2v) is 13.3. The number of carbonyl (C=O) groups excluding carboxylic acids is 2. The molecule has 2 amide bonds. The number of amides is 2. The van der Waals surface area contributed by atoms with Crippen molar-refractivity contribution in [2.45, 2.75) is 102 Å². The number of halogens is 3. The van der Waals surface area contributed by atoms with Gasteiger partial charge in [-0.05, 0) is 77.0 Å². The SMILES string of the molecule is CC(C)CC(NC(=O)OC(C)(C)C)C(=O)N1CCC(N(C2CC2)S(=O)(=O)c2cccc(C(F)(F)F)c2)CC1. The Morgan fingerprint density at radius 1 is 1.08 bits per heavy atom. The number of alkyl carbamates (subject to hydrolysis) is 1. The molecule has 1 unspecified atom stereocenters. The summed E-state index contributed by atoms with van der Waals surface area (Å²) < 4.78 is 73.3. The largest absolute Gasteiger partial charge is 0.444 e. The highest BCUT2D eigenvalue weighted by atomic mass is 32.2. The highest BCUT2D eigenvalue weighted by Crippen LogP contribution is 2.38. The average molecular weight is 562 g/mol. The lowest BCUT2D eigenvalue weighted by atomic mass is 10.00. The Bertz CT molecular complexity index is 1110. The van der Waals surface area contributed by atoms with Gasteiger partial charge in [0.25, 0.3) is 0 Å². The van der Waals surface area contributed by atoms with Crippen molar-refractivity contribution in [2.75, 3.05) is 13.1 Å². The van der Waals surface area contributed by atoms with Crippen LogP contribution >= 0.6 is 0 Å². The van der Waals surface area contributed by atoms with Crippen LogP contribution in [0, 0.1) is 5.92 Å². The van der Waals surface area contributed by atoms with Gasteiger partial charge in [-0.2, -0.15) is 17.5 Å². The number of likely N-dealkylation sites (tertiary alicyclic amines) is 1. The maximum Gasteiger partial charge on any atom is 0.416 e. The number of nitrogens with one attached hydrogen (secondary N) is 1. The van der Waals surface area contributed by atoms with Gasteiger partial charge in [0.05, 0.1) is 10.5 Å². The van der Waals surface area contributed by atoms with Crippen LogP contribution in [0.2, 0.25) is 0 Å². The Labute approximate surface area is 222 Å². The summed E-state index contributed by atoms with van der Waals surface area (Å²) in [6.45, 7) is 9.62. The lowest BCUT2D eigenvalue weighted by Crippen LogP contribution is -2.54. The number of nitrogens with zero attached hydrogens (tertiary/aromatic N) is 2. The van der Waals surface area contributed by atoms with E-state index < -0.39 is 45.5 Å². The lowest BCUT2D eigenvalue weighted by Gasteiger charge is -2.39. The molecule has 1 atom stereocenters. The van der Waals surface area contributed by atoms with Crippen LogP contribution in [-0.2, 0) is 25.7 Å². The number of sulfonamides is 1. The van der Waals surface area contributed by atoms with E-state index in [-0.39, 0.29) is 35.9 Å². The van der Waals surface area contributed by atoms with E-state index in [0.717, 1.165) is 12.1 Å². The minimum Gasteiger partial charge on any atom is -0.444 e. The second kappa shape index (κ2) is 11.4. The summed E-state index contributed by atoms with van der Waals surface area (Å²) in [7, 11) is -4.17. The van der Waals surface area contributed by atoms with Gasteiger partial charge in [-0.25, -0.2) is 13.2 Å². The molecule has 0 aromatic heterocycles. The van der Waals surface area contributed by atoms with Gasteiger partial charge in [0.1, 0.15) is 11.6 Å². The van der Waals surface area contributed by atoms with Crippen LogP contribution < -0.4 is 5.32 Å². The normalized spacial score (nSPS) is 18.5. The molecule has 1 aromatic carbocycles. The van der Waals surface area contributed by atoms with Crippen molar-refractivity contribution < 1.29 is 35.9 Å². The molecule has 1 aromatic rings. The van der Waals surface area contributed by atoms with Gasteiger partial charge in [-0.15, -0.1) is 0 Å². The first-order valence-electron chi connectivity index (χ1n) is 13.0. The molecule has 1 heterocycles. The van der Waals surface area contributed by atoms with Crippen LogP contribution in [0.1, 0.15) is 72.3 Å². The smallest absolute Gasteiger partial charge is 0.416 e. The number of carbonyl (C=O) groups is 2. The molecule has 0 bridgehead atoms. The fraction of sp³-hybridized carbons (Fsp3) is 0.692. The van der Waals surface area contributed by atoms with Crippen LogP contribution in [0.5, 0.6) is 0 Å². The van der Waals surface area contributed by atoms with E-state index in [2.05, 4.69) is 5.32 Å². The third-order valence-corrected chi connectivity index (χ3v) is 8.48. The average Bonchev–Trinajstić information content (AvgIpc) is 3.61. The standard InChI is InChI=1S/C26H38F3N3O5S/c1-17(2)15-22(30-24(34)37-25(3,4)5)23(33)31-13-11-20(12-14-31)32(19-9-10-19)38(35,36)21-8-6-7-18(16-21)26(27,28)29/h6-8,16-17,19-20,22H,9-15H2,1-5H3,(H,30,34). The quantitative estimate of drug-likeness (QED) is 0.493. The number of rotatable bonds is 8. The summed E-state index contributed by atoms with van der Waals surface area (Å²) >= 11 is 0. The van der Waals surface area contributed by atoms with E-state index in [1.165, 1.54) is 10.4 Å². The van der Waals surface area contributed by atoms with Gasteiger partial charge in [0.15, 0.2) is 0 Å². The molecule has 1 aliphatic heterocycles. The van der Waals surface area contributed by atoms with Crippen LogP contribution in [0.25, 0.3) is 0 Å². The maximum absolute atomic E-state index is 13.5. The van der Waals surface area contributed by atoms with Crippen LogP contribution in [0.15, 0.2) is 29.2 Å². The minimum absolute atomic E-state index is 0.124. The summed E-state index contributed by atoms with van der Waals surface area (Å²) in [6, 6.07) is 2.35. The third kappa shape index (κ3) is 7.84. The van der Waals surface area contributed by atoms with Gasteiger partial charge >= 0.3 is 12.3 Å². The maximum atomic E-state index is 13.5. The summed E-state index contributed by atoms with van der Waals surface area (Å²) in [4.78, 5) is 26.9. The molecule has 0 radical (unpaired) electrons. The van der Waals surface area contributed by atoms with E-state index in [1.807, 2.05) is 13.8 Å². The predicted molar refractivity (Wildman–Crippen MR) is 136 cm³/mol. The Morgan fingerprint density at radius 3 is 2.16 bits per heavy atom. The number of hydrogen-bond acceptors (Lipinski definition) is 5. The van der Waals surface area contributed by atoms with Crippen molar-refractivity contribution >= 4 is 22.0 Å². The molecule has 8 nitrogen and oxygen atoms in total. The zero-order chi connectivity index (χ0) is 28.5. The molecule has 3 rings (SSSR count). The Morgan fingerprint density at radius 2 is 1.66 bits per heavy atom. The van der Waals surface area contributed by atoms with E-state index in [4.69, 9.17) is 4.74 Å². The van der Waals surface area contributed by atoms with Crippen molar-refractivity contribution in [3.8, 4) is 0 Å².